The molecule has 25 heavy (non-hydrogen) atoms. The average molecular weight is 356 g/mol. The number of aromatic nitrogens is 3. The van der Waals surface area contributed by atoms with Gasteiger partial charge in [0.25, 0.3) is 5.89 Å². The molecule has 1 atom stereocenters. The van der Waals surface area contributed by atoms with Gasteiger partial charge < -0.3 is 9.26 Å². The smallest absolute Gasteiger partial charge is 0.331 e. The van der Waals surface area contributed by atoms with Gasteiger partial charge in [-0.25, -0.2) is 4.79 Å². The van der Waals surface area contributed by atoms with E-state index < -0.39 is 12.1 Å². The SMILES string of the molecule is CC(OC(=O)/C=C/c1ccc(Cl)cc1)c1nc(-c2cccnc2)no1. The van der Waals surface area contributed by atoms with Crippen LogP contribution in [-0.2, 0) is 9.53 Å². The molecule has 3 aromatic rings. The molecule has 1 aromatic carbocycles. The van der Waals surface area contributed by atoms with E-state index in [1.54, 1.807) is 55.7 Å². The van der Waals surface area contributed by atoms with Gasteiger partial charge in [0.1, 0.15) is 0 Å². The minimum absolute atomic E-state index is 0.215. The molecule has 0 fully saturated rings. The third-order valence-electron chi connectivity index (χ3n) is 3.28. The fourth-order valence-electron chi connectivity index (χ4n) is 2.01. The van der Waals surface area contributed by atoms with Gasteiger partial charge >= 0.3 is 5.97 Å². The molecule has 126 valence electrons. The molecule has 2 heterocycles. The Kier molecular flexibility index (Phi) is 5.20. The van der Waals surface area contributed by atoms with Gasteiger partial charge in [0.15, 0.2) is 6.10 Å². The van der Waals surface area contributed by atoms with Crippen molar-refractivity contribution in [3.05, 3.63) is 71.3 Å². The molecule has 0 N–H and O–H groups in total. The zero-order chi connectivity index (χ0) is 17.6. The molecule has 2 aromatic heterocycles. The van der Waals surface area contributed by atoms with E-state index in [1.807, 2.05) is 6.07 Å². The van der Waals surface area contributed by atoms with Gasteiger partial charge in [0, 0.05) is 29.1 Å². The Bertz CT molecular complexity index is 876. The van der Waals surface area contributed by atoms with Gasteiger partial charge in [-0.15, -0.1) is 0 Å². The average Bonchev–Trinajstić information content (AvgIpc) is 3.12. The maximum Gasteiger partial charge on any atom is 0.331 e. The normalized spacial score (nSPS) is 12.2. The van der Waals surface area contributed by atoms with Crippen LogP contribution in [0.1, 0.15) is 24.5 Å². The number of ether oxygens (including phenoxy) is 1. The van der Waals surface area contributed by atoms with E-state index >= 15 is 0 Å². The van der Waals surface area contributed by atoms with Crippen molar-refractivity contribution >= 4 is 23.6 Å². The van der Waals surface area contributed by atoms with Crippen molar-refractivity contribution in [3.8, 4) is 11.4 Å². The predicted molar refractivity (Wildman–Crippen MR) is 92.5 cm³/mol. The summed E-state index contributed by atoms with van der Waals surface area (Å²) < 4.78 is 10.4. The number of carbonyl (C=O) groups is 1. The van der Waals surface area contributed by atoms with Crippen LogP contribution in [0.15, 0.2) is 59.4 Å². The van der Waals surface area contributed by atoms with E-state index in [4.69, 9.17) is 20.9 Å². The van der Waals surface area contributed by atoms with Crippen LogP contribution in [-0.4, -0.2) is 21.1 Å². The van der Waals surface area contributed by atoms with E-state index in [0.717, 1.165) is 11.1 Å². The topological polar surface area (TPSA) is 78.1 Å². The molecule has 0 radical (unpaired) electrons. The molecule has 0 aliphatic rings. The number of nitrogens with zero attached hydrogens (tertiary/aromatic N) is 3. The van der Waals surface area contributed by atoms with Crippen molar-refractivity contribution in [1.29, 1.82) is 0 Å². The zero-order valence-electron chi connectivity index (χ0n) is 13.3. The fourth-order valence-corrected chi connectivity index (χ4v) is 2.14. The third-order valence-corrected chi connectivity index (χ3v) is 3.54. The van der Waals surface area contributed by atoms with Crippen LogP contribution < -0.4 is 0 Å². The maximum absolute atomic E-state index is 11.9. The molecular weight excluding hydrogens is 342 g/mol. The van der Waals surface area contributed by atoms with Gasteiger partial charge in [-0.05, 0) is 42.8 Å². The Morgan fingerprint density at radius 2 is 2.08 bits per heavy atom. The maximum atomic E-state index is 11.9. The van der Waals surface area contributed by atoms with Crippen molar-refractivity contribution < 1.29 is 14.1 Å². The lowest BCUT2D eigenvalue weighted by Crippen LogP contribution is -2.06. The number of halogens is 1. The molecule has 1 unspecified atom stereocenters. The summed E-state index contributed by atoms with van der Waals surface area (Å²) in [5.41, 5.74) is 1.56. The third kappa shape index (κ3) is 4.51. The molecule has 0 saturated carbocycles. The minimum atomic E-state index is -0.666. The quantitative estimate of drug-likeness (QED) is 0.506. The van der Waals surface area contributed by atoms with Gasteiger partial charge in [0.2, 0.25) is 5.82 Å². The first-order chi connectivity index (χ1) is 12.1. The van der Waals surface area contributed by atoms with Crippen LogP contribution in [0, 0.1) is 0 Å². The van der Waals surface area contributed by atoms with Crippen molar-refractivity contribution in [1.82, 2.24) is 15.1 Å². The Morgan fingerprint density at radius 1 is 1.28 bits per heavy atom. The highest BCUT2D eigenvalue weighted by Gasteiger charge is 2.18. The Labute approximate surface area is 149 Å². The molecule has 0 saturated heterocycles. The summed E-state index contributed by atoms with van der Waals surface area (Å²) in [5, 5.41) is 4.50. The molecule has 0 amide bonds. The number of benzene rings is 1. The number of carbonyl (C=O) groups excluding carboxylic acids is 1. The summed E-state index contributed by atoms with van der Waals surface area (Å²) in [5.74, 6) is 0.0957. The second-order valence-electron chi connectivity index (χ2n) is 5.16. The highest BCUT2D eigenvalue weighted by atomic mass is 35.5. The number of rotatable bonds is 5. The summed E-state index contributed by atoms with van der Waals surface area (Å²) in [6, 6.07) is 10.7. The summed E-state index contributed by atoms with van der Waals surface area (Å²) in [7, 11) is 0. The zero-order valence-corrected chi connectivity index (χ0v) is 14.1. The van der Waals surface area contributed by atoms with Crippen LogP contribution >= 0.6 is 11.6 Å². The lowest BCUT2D eigenvalue weighted by atomic mass is 10.2. The van der Waals surface area contributed by atoms with Gasteiger partial charge in [0.05, 0.1) is 0 Å². The molecule has 0 spiro atoms. The minimum Gasteiger partial charge on any atom is -0.449 e. The van der Waals surface area contributed by atoms with Crippen molar-refractivity contribution in [2.24, 2.45) is 0 Å². The second-order valence-corrected chi connectivity index (χ2v) is 5.60. The highest BCUT2D eigenvalue weighted by Crippen LogP contribution is 2.20. The summed E-state index contributed by atoms with van der Waals surface area (Å²) in [4.78, 5) is 20.1. The van der Waals surface area contributed by atoms with E-state index in [-0.39, 0.29) is 5.89 Å². The standard InChI is InChI=1S/C18H14ClN3O3/c1-12(18-21-17(22-25-18)14-3-2-10-20-11-14)24-16(23)9-6-13-4-7-15(19)8-5-13/h2-12H,1H3/b9-6+. The van der Waals surface area contributed by atoms with Gasteiger partial charge in [-0.1, -0.05) is 28.9 Å². The molecule has 6 nitrogen and oxygen atoms in total. The molecular formula is C18H14ClN3O3. The Hall–Kier alpha value is -2.99. The van der Waals surface area contributed by atoms with Gasteiger partial charge in [-0.3, -0.25) is 4.98 Å². The largest absolute Gasteiger partial charge is 0.449 e. The summed E-state index contributed by atoms with van der Waals surface area (Å²) >= 11 is 5.81. The van der Waals surface area contributed by atoms with Crippen LogP contribution in [0.4, 0.5) is 0 Å². The van der Waals surface area contributed by atoms with E-state index in [2.05, 4.69) is 15.1 Å². The molecule has 3 rings (SSSR count). The van der Waals surface area contributed by atoms with E-state index in [1.165, 1.54) is 6.08 Å². The first-order valence-electron chi connectivity index (χ1n) is 7.50. The van der Waals surface area contributed by atoms with Crippen molar-refractivity contribution in [2.75, 3.05) is 0 Å². The number of pyridine rings is 1. The number of hydrogen-bond donors (Lipinski definition) is 0. The highest BCUT2D eigenvalue weighted by molar-refractivity contribution is 6.30. The Balaban J connectivity index is 1.62. The lowest BCUT2D eigenvalue weighted by Gasteiger charge is -2.06. The van der Waals surface area contributed by atoms with Crippen LogP contribution in [0.2, 0.25) is 5.02 Å². The monoisotopic (exact) mass is 355 g/mol. The predicted octanol–water partition coefficient (Wildman–Crippen LogP) is 4.10. The summed E-state index contributed by atoms with van der Waals surface area (Å²) in [6.45, 7) is 1.66. The first kappa shape index (κ1) is 16.9. The molecule has 0 bridgehead atoms. The fraction of sp³-hybridized carbons (Fsp3) is 0.111. The van der Waals surface area contributed by atoms with Crippen molar-refractivity contribution in [2.45, 2.75) is 13.0 Å². The first-order valence-corrected chi connectivity index (χ1v) is 7.88. The van der Waals surface area contributed by atoms with Crippen molar-refractivity contribution in [3.63, 3.8) is 0 Å². The van der Waals surface area contributed by atoms with Gasteiger partial charge in [-0.2, -0.15) is 4.98 Å². The van der Waals surface area contributed by atoms with Crippen LogP contribution in [0.25, 0.3) is 17.5 Å². The molecule has 0 aliphatic carbocycles. The van der Waals surface area contributed by atoms with E-state index in [0.29, 0.717) is 10.8 Å². The number of esters is 1. The number of hydrogen-bond acceptors (Lipinski definition) is 6. The lowest BCUT2D eigenvalue weighted by molar-refractivity contribution is -0.143. The van der Waals surface area contributed by atoms with Crippen LogP contribution in [0.3, 0.4) is 0 Å². The molecule has 0 aliphatic heterocycles. The van der Waals surface area contributed by atoms with E-state index in [9.17, 15) is 4.79 Å². The Morgan fingerprint density at radius 3 is 2.80 bits per heavy atom. The summed E-state index contributed by atoms with van der Waals surface area (Å²) in [6.07, 6.45) is 5.58. The molecule has 7 heteroatoms. The second kappa shape index (κ2) is 7.72. The van der Waals surface area contributed by atoms with Crippen LogP contribution in [0.5, 0.6) is 0 Å².